The third kappa shape index (κ3) is 6.15. The van der Waals surface area contributed by atoms with Crippen molar-refractivity contribution in [3.05, 3.63) is 39.8 Å². The highest BCUT2D eigenvalue weighted by Crippen LogP contribution is 2.30. The third-order valence-electron chi connectivity index (χ3n) is 3.69. The Kier molecular flexibility index (Phi) is 9.21. The van der Waals surface area contributed by atoms with Crippen LogP contribution in [0.5, 0.6) is 11.5 Å². The van der Waals surface area contributed by atoms with E-state index in [0.717, 1.165) is 17.8 Å². The molecule has 0 saturated carbocycles. The quantitative estimate of drug-likeness (QED) is 0.683. The van der Waals surface area contributed by atoms with Gasteiger partial charge in [-0.25, -0.2) is 4.98 Å². The molecule has 1 atom stereocenters. The van der Waals surface area contributed by atoms with Gasteiger partial charge in [0.2, 0.25) is 0 Å². The van der Waals surface area contributed by atoms with E-state index in [9.17, 15) is 0 Å². The molecule has 0 aliphatic carbocycles. The molecule has 2 rings (SSSR count). The van der Waals surface area contributed by atoms with Crippen molar-refractivity contribution in [2.24, 2.45) is 0 Å². The van der Waals surface area contributed by atoms with Crippen LogP contribution in [0, 0.1) is 0 Å². The van der Waals surface area contributed by atoms with E-state index in [1.807, 2.05) is 18.2 Å². The van der Waals surface area contributed by atoms with E-state index in [1.165, 1.54) is 5.01 Å². The van der Waals surface area contributed by atoms with Crippen molar-refractivity contribution in [2.45, 2.75) is 39.3 Å². The molecule has 0 aliphatic rings. The van der Waals surface area contributed by atoms with Gasteiger partial charge in [0.1, 0.15) is 6.61 Å². The Balaban J connectivity index is 0.00000312. The predicted octanol–water partition coefficient (Wildman–Crippen LogP) is 3.92. The second-order valence-electron chi connectivity index (χ2n) is 5.92. The minimum Gasteiger partial charge on any atom is -0.493 e. The molecule has 0 radical (unpaired) electrons. The topological polar surface area (TPSA) is 63.6 Å². The Labute approximate surface area is 159 Å². The van der Waals surface area contributed by atoms with Crippen molar-refractivity contribution in [3.8, 4) is 11.5 Å². The van der Waals surface area contributed by atoms with Crippen LogP contribution in [0.4, 0.5) is 0 Å². The van der Waals surface area contributed by atoms with E-state index < -0.39 is 0 Å². The van der Waals surface area contributed by atoms with Gasteiger partial charge in [0.25, 0.3) is 0 Å². The molecular formula is C18H27ClN2O3S. The van der Waals surface area contributed by atoms with Crippen LogP contribution < -0.4 is 14.8 Å². The van der Waals surface area contributed by atoms with Gasteiger partial charge in [0, 0.05) is 23.9 Å². The summed E-state index contributed by atoms with van der Waals surface area (Å²) in [7, 11) is 1.62. The average Bonchev–Trinajstić information content (AvgIpc) is 3.07. The number of halogens is 1. The van der Waals surface area contributed by atoms with Crippen molar-refractivity contribution < 1.29 is 14.6 Å². The van der Waals surface area contributed by atoms with Gasteiger partial charge in [0.15, 0.2) is 11.5 Å². The molecule has 2 N–H and O–H groups in total. The number of nitrogens with zero attached hydrogens (tertiary/aromatic N) is 1. The largest absolute Gasteiger partial charge is 0.493 e. The zero-order chi connectivity index (χ0) is 17.5. The van der Waals surface area contributed by atoms with E-state index >= 15 is 0 Å². The van der Waals surface area contributed by atoms with Crippen LogP contribution in [0.2, 0.25) is 0 Å². The summed E-state index contributed by atoms with van der Waals surface area (Å²) in [6.45, 7) is 7.39. The molecule has 1 heterocycles. The SMILES string of the molecule is COc1cc(C(C)NCc2csc(C(C)C)n2)ccc1OCCO.Cl. The highest BCUT2D eigenvalue weighted by molar-refractivity contribution is 7.09. The number of benzene rings is 1. The molecule has 140 valence electrons. The summed E-state index contributed by atoms with van der Waals surface area (Å²) >= 11 is 1.71. The van der Waals surface area contributed by atoms with E-state index in [1.54, 1.807) is 18.4 Å². The monoisotopic (exact) mass is 386 g/mol. The Hall–Kier alpha value is -1.34. The van der Waals surface area contributed by atoms with Crippen LogP contribution in [0.25, 0.3) is 0 Å². The number of hydrogen-bond donors (Lipinski definition) is 2. The zero-order valence-corrected chi connectivity index (χ0v) is 16.7. The van der Waals surface area contributed by atoms with Gasteiger partial charge in [-0.2, -0.15) is 0 Å². The molecule has 0 saturated heterocycles. The first kappa shape index (κ1) is 21.7. The van der Waals surface area contributed by atoms with Crippen LogP contribution in [0.15, 0.2) is 23.6 Å². The maximum Gasteiger partial charge on any atom is 0.161 e. The van der Waals surface area contributed by atoms with Gasteiger partial charge in [-0.05, 0) is 24.6 Å². The van der Waals surface area contributed by atoms with E-state index in [-0.39, 0.29) is 31.7 Å². The van der Waals surface area contributed by atoms with Crippen LogP contribution in [-0.4, -0.2) is 30.4 Å². The minimum atomic E-state index is -0.0190. The van der Waals surface area contributed by atoms with Gasteiger partial charge in [-0.1, -0.05) is 19.9 Å². The summed E-state index contributed by atoms with van der Waals surface area (Å²) < 4.78 is 10.8. The first-order chi connectivity index (χ1) is 11.5. The van der Waals surface area contributed by atoms with Crippen molar-refractivity contribution in [3.63, 3.8) is 0 Å². The normalized spacial score (nSPS) is 11.9. The molecule has 1 aromatic carbocycles. The third-order valence-corrected chi connectivity index (χ3v) is 4.88. The summed E-state index contributed by atoms with van der Waals surface area (Å²) in [6.07, 6.45) is 0. The molecular weight excluding hydrogens is 360 g/mol. The van der Waals surface area contributed by atoms with Crippen LogP contribution in [0.3, 0.4) is 0 Å². The van der Waals surface area contributed by atoms with Crippen molar-refractivity contribution in [2.75, 3.05) is 20.3 Å². The Morgan fingerprint density at radius 1 is 1.24 bits per heavy atom. The Morgan fingerprint density at radius 3 is 2.60 bits per heavy atom. The minimum absolute atomic E-state index is 0. The number of aromatic nitrogens is 1. The lowest BCUT2D eigenvalue weighted by molar-refractivity contribution is 0.196. The maximum absolute atomic E-state index is 8.87. The number of nitrogens with one attached hydrogen (secondary N) is 1. The smallest absolute Gasteiger partial charge is 0.161 e. The molecule has 2 aromatic rings. The standard InChI is InChI=1S/C18H26N2O3S.ClH/c1-12(2)18-20-15(11-24-18)10-19-13(3)14-5-6-16(23-8-7-21)17(9-14)22-4;/h5-6,9,11-13,19,21H,7-8,10H2,1-4H3;1H. The molecule has 25 heavy (non-hydrogen) atoms. The van der Waals surface area contributed by atoms with Gasteiger partial charge in [0.05, 0.1) is 24.4 Å². The van der Waals surface area contributed by atoms with Crippen LogP contribution >= 0.6 is 23.7 Å². The van der Waals surface area contributed by atoms with E-state index in [0.29, 0.717) is 17.4 Å². The molecule has 0 bridgehead atoms. The number of aliphatic hydroxyl groups is 1. The maximum atomic E-state index is 8.87. The summed E-state index contributed by atoms with van der Waals surface area (Å²) in [4.78, 5) is 4.64. The number of thiazole rings is 1. The van der Waals surface area contributed by atoms with Gasteiger partial charge >= 0.3 is 0 Å². The fourth-order valence-electron chi connectivity index (χ4n) is 2.27. The second-order valence-corrected chi connectivity index (χ2v) is 6.81. The first-order valence-electron chi connectivity index (χ1n) is 8.14. The fourth-order valence-corrected chi connectivity index (χ4v) is 3.11. The highest BCUT2D eigenvalue weighted by Gasteiger charge is 2.12. The summed E-state index contributed by atoms with van der Waals surface area (Å²) in [6, 6.07) is 6.01. The van der Waals surface area contributed by atoms with Crippen molar-refractivity contribution >= 4 is 23.7 Å². The lowest BCUT2D eigenvalue weighted by atomic mass is 10.1. The molecule has 1 unspecified atom stereocenters. The van der Waals surface area contributed by atoms with Crippen molar-refractivity contribution in [1.29, 1.82) is 0 Å². The van der Waals surface area contributed by atoms with Gasteiger partial charge in [-0.3, -0.25) is 0 Å². The van der Waals surface area contributed by atoms with Crippen molar-refractivity contribution in [1.82, 2.24) is 10.3 Å². The molecule has 1 aromatic heterocycles. The Morgan fingerprint density at radius 2 is 2.00 bits per heavy atom. The van der Waals surface area contributed by atoms with Gasteiger partial charge < -0.3 is 19.9 Å². The molecule has 0 fully saturated rings. The van der Waals surface area contributed by atoms with Crippen LogP contribution in [0.1, 0.15) is 49.0 Å². The number of aliphatic hydroxyl groups excluding tert-OH is 1. The number of methoxy groups -OCH3 is 1. The molecule has 0 amide bonds. The zero-order valence-electron chi connectivity index (χ0n) is 15.1. The molecule has 0 aliphatic heterocycles. The number of ether oxygens (including phenoxy) is 2. The number of hydrogen-bond acceptors (Lipinski definition) is 6. The summed E-state index contributed by atoms with van der Waals surface area (Å²) in [5.74, 6) is 1.78. The summed E-state index contributed by atoms with van der Waals surface area (Å²) in [5.41, 5.74) is 2.19. The van der Waals surface area contributed by atoms with Crippen LogP contribution in [-0.2, 0) is 6.54 Å². The van der Waals surface area contributed by atoms with E-state index in [4.69, 9.17) is 14.6 Å². The summed E-state index contributed by atoms with van der Waals surface area (Å²) in [5, 5.41) is 15.6. The Bertz CT molecular complexity index is 649. The predicted molar refractivity (Wildman–Crippen MR) is 104 cm³/mol. The lowest BCUT2D eigenvalue weighted by Crippen LogP contribution is -2.18. The number of rotatable bonds is 9. The highest BCUT2D eigenvalue weighted by atomic mass is 35.5. The fraction of sp³-hybridized carbons (Fsp3) is 0.500. The molecule has 7 heteroatoms. The van der Waals surface area contributed by atoms with Gasteiger partial charge in [-0.15, -0.1) is 23.7 Å². The lowest BCUT2D eigenvalue weighted by Gasteiger charge is -2.16. The second kappa shape index (κ2) is 10.6. The average molecular weight is 387 g/mol. The molecule has 0 spiro atoms. The molecule has 5 nitrogen and oxygen atoms in total. The van der Waals surface area contributed by atoms with E-state index in [2.05, 4.69) is 36.5 Å². The first-order valence-corrected chi connectivity index (χ1v) is 9.02.